The van der Waals surface area contributed by atoms with Gasteiger partial charge in [0.2, 0.25) is 0 Å². The summed E-state index contributed by atoms with van der Waals surface area (Å²) in [6.45, 7) is 3.44. The number of nitrogens with one attached hydrogen (secondary N) is 1. The molecule has 0 spiro atoms. The number of aldehydes is 2. The molecule has 4 rings (SSSR count). The van der Waals surface area contributed by atoms with Gasteiger partial charge in [-0.2, -0.15) is 0 Å². The van der Waals surface area contributed by atoms with E-state index in [1.165, 1.54) is 5.56 Å². The summed E-state index contributed by atoms with van der Waals surface area (Å²) in [5.74, 6) is -2.02. The van der Waals surface area contributed by atoms with Crippen LogP contribution in [0.4, 0.5) is 0 Å². The highest BCUT2D eigenvalue weighted by Gasteiger charge is 2.45. The predicted octanol–water partition coefficient (Wildman–Crippen LogP) is 2.50. The van der Waals surface area contributed by atoms with E-state index in [0.717, 1.165) is 35.8 Å². The third-order valence-electron chi connectivity index (χ3n) is 6.08. The summed E-state index contributed by atoms with van der Waals surface area (Å²) >= 11 is 0. The van der Waals surface area contributed by atoms with Crippen LogP contribution >= 0.6 is 0 Å². The summed E-state index contributed by atoms with van der Waals surface area (Å²) in [6, 6.07) is 7.78. The second-order valence-electron chi connectivity index (χ2n) is 7.31. The fraction of sp³-hybridized carbons (Fsp3) is 0.381. The number of benzene rings is 1. The number of carbonyl (C=O) groups is 3. The van der Waals surface area contributed by atoms with Crippen LogP contribution in [0.1, 0.15) is 30.6 Å². The minimum absolute atomic E-state index is 0.112. The molecule has 2 N–H and O–H groups in total. The molecule has 0 amide bonds. The second kappa shape index (κ2) is 6.78. The molecule has 1 fully saturated rings. The lowest BCUT2D eigenvalue weighted by Crippen LogP contribution is -2.49. The lowest BCUT2D eigenvalue weighted by atomic mass is 9.72. The zero-order valence-corrected chi connectivity index (χ0v) is 15.1. The standard InChI is InChI=1S/C21H22N2O4/c1-2-12-9-23-8-7-14-13-5-3-4-6-17(13)22-19(14)20(23)15(10-24)18(12)16(11-25)21(26)27/h3-6,10-12,15,20,22H,2,7-9H2,1H3,(H,26,27)/b18-16+/t12-,15-,20-/m1/s1. The molecule has 0 radical (unpaired) electrons. The molecule has 0 aliphatic carbocycles. The van der Waals surface area contributed by atoms with Crippen molar-refractivity contribution in [1.29, 1.82) is 0 Å². The normalized spacial score (nSPS) is 26.9. The molecule has 2 aliphatic rings. The van der Waals surface area contributed by atoms with Crippen molar-refractivity contribution in [3.05, 3.63) is 46.7 Å². The highest BCUT2D eigenvalue weighted by molar-refractivity contribution is 6.08. The number of carboxylic acids is 1. The van der Waals surface area contributed by atoms with Crippen molar-refractivity contribution in [2.75, 3.05) is 13.1 Å². The Kier molecular flexibility index (Phi) is 4.44. The first-order valence-corrected chi connectivity index (χ1v) is 9.32. The number of H-pyrrole nitrogens is 1. The van der Waals surface area contributed by atoms with Crippen molar-refractivity contribution >= 4 is 29.4 Å². The lowest BCUT2D eigenvalue weighted by Gasteiger charge is -2.47. The Hall–Kier alpha value is -2.73. The summed E-state index contributed by atoms with van der Waals surface area (Å²) in [6.07, 6.45) is 2.78. The van der Waals surface area contributed by atoms with E-state index in [0.29, 0.717) is 24.8 Å². The van der Waals surface area contributed by atoms with E-state index in [2.05, 4.69) is 16.0 Å². The van der Waals surface area contributed by atoms with Crippen molar-refractivity contribution in [3.63, 3.8) is 0 Å². The van der Waals surface area contributed by atoms with Crippen LogP contribution in [0.3, 0.4) is 0 Å². The van der Waals surface area contributed by atoms with Crippen molar-refractivity contribution in [2.24, 2.45) is 11.8 Å². The summed E-state index contributed by atoms with van der Waals surface area (Å²) in [5, 5.41) is 10.7. The maximum Gasteiger partial charge on any atom is 0.339 e. The van der Waals surface area contributed by atoms with Crippen LogP contribution in [0.5, 0.6) is 0 Å². The number of rotatable bonds is 4. The lowest BCUT2D eigenvalue weighted by molar-refractivity contribution is -0.133. The van der Waals surface area contributed by atoms with Gasteiger partial charge < -0.3 is 14.9 Å². The number of fused-ring (bicyclic) bond motifs is 5. The predicted molar refractivity (Wildman–Crippen MR) is 100 cm³/mol. The average Bonchev–Trinajstić information content (AvgIpc) is 3.06. The van der Waals surface area contributed by atoms with E-state index >= 15 is 0 Å². The SMILES string of the molecule is CC[C@@H]1CN2CCc3c([nH]c4ccccc34)[C@H]2[C@H](C=O)/C1=C(\C=O)C(=O)O. The first-order valence-electron chi connectivity index (χ1n) is 9.32. The van der Waals surface area contributed by atoms with Gasteiger partial charge >= 0.3 is 5.97 Å². The highest BCUT2D eigenvalue weighted by Crippen LogP contribution is 2.47. The highest BCUT2D eigenvalue weighted by atomic mass is 16.4. The van der Waals surface area contributed by atoms with E-state index < -0.39 is 11.9 Å². The van der Waals surface area contributed by atoms with E-state index in [-0.39, 0.29) is 17.5 Å². The number of aromatic amines is 1. The summed E-state index contributed by atoms with van der Waals surface area (Å²) < 4.78 is 0. The quantitative estimate of drug-likeness (QED) is 0.376. The first-order chi connectivity index (χ1) is 13.1. The molecule has 3 heterocycles. The Morgan fingerprint density at radius 3 is 2.78 bits per heavy atom. The van der Waals surface area contributed by atoms with Gasteiger partial charge in [0, 0.05) is 29.7 Å². The Labute approximate surface area is 156 Å². The number of hydrogen-bond acceptors (Lipinski definition) is 4. The third kappa shape index (κ3) is 2.63. The van der Waals surface area contributed by atoms with Gasteiger partial charge in [-0.3, -0.25) is 9.69 Å². The maximum atomic E-state index is 12.2. The van der Waals surface area contributed by atoms with Crippen LogP contribution in [0.25, 0.3) is 10.9 Å². The van der Waals surface area contributed by atoms with Crippen LogP contribution in [-0.2, 0) is 20.8 Å². The Bertz CT molecular complexity index is 958. The van der Waals surface area contributed by atoms with Gasteiger partial charge in [0.1, 0.15) is 6.29 Å². The molecule has 27 heavy (non-hydrogen) atoms. The van der Waals surface area contributed by atoms with Gasteiger partial charge in [-0.15, -0.1) is 0 Å². The van der Waals surface area contributed by atoms with Crippen molar-refractivity contribution in [3.8, 4) is 0 Å². The number of nitrogens with zero attached hydrogens (tertiary/aromatic N) is 1. The number of carboxylic acid groups (broad SMARTS) is 1. The van der Waals surface area contributed by atoms with Crippen molar-refractivity contribution in [1.82, 2.24) is 9.88 Å². The molecule has 1 saturated heterocycles. The summed E-state index contributed by atoms with van der Waals surface area (Å²) in [5.41, 5.74) is 3.40. The molecule has 6 nitrogen and oxygen atoms in total. The van der Waals surface area contributed by atoms with Crippen LogP contribution in [0.2, 0.25) is 0 Å². The third-order valence-corrected chi connectivity index (χ3v) is 6.08. The molecule has 1 aromatic carbocycles. The molecule has 2 aliphatic heterocycles. The minimum atomic E-state index is -1.26. The largest absolute Gasteiger partial charge is 0.478 e. The molecular formula is C21H22N2O4. The monoisotopic (exact) mass is 366 g/mol. The van der Waals surface area contributed by atoms with Gasteiger partial charge in [-0.1, -0.05) is 25.1 Å². The van der Waals surface area contributed by atoms with Crippen molar-refractivity contribution < 1.29 is 19.5 Å². The Morgan fingerprint density at radius 1 is 1.33 bits per heavy atom. The van der Waals surface area contributed by atoms with Gasteiger partial charge in [-0.05, 0) is 36.0 Å². The Balaban J connectivity index is 1.92. The smallest absolute Gasteiger partial charge is 0.339 e. The molecule has 0 bridgehead atoms. The molecule has 0 unspecified atom stereocenters. The number of aromatic nitrogens is 1. The first kappa shape index (κ1) is 17.7. The maximum absolute atomic E-state index is 12.2. The number of carbonyl (C=O) groups excluding carboxylic acids is 2. The molecular weight excluding hydrogens is 344 g/mol. The molecule has 6 heteroatoms. The number of aliphatic carboxylic acids is 1. The molecule has 0 saturated carbocycles. The minimum Gasteiger partial charge on any atom is -0.478 e. The molecule has 140 valence electrons. The Morgan fingerprint density at radius 2 is 2.11 bits per heavy atom. The van der Waals surface area contributed by atoms with Gasteiger partial charge in [0.05, 0.1) is 17.5 Å². The summed E-state index contributed by atoms with van der Waals surface area (Å²) in [7, 11) is 0. The van der Waals surface area contributed by atoms with Crippen LogP contribution in [0, 0.1) is 11.8 Å². The zero-order valence-electron chi connectivity index (χ0n) is 15.1. The molecule has 1 aromatic heterocycles. The summed E-state index contributed by atoms with van der Waals surface area (Å²) in [4.78, 5) is 41.1. The van der Waals surface area contributed by atoms with E-state index in [1.54, 1.807) is 0 Å². The van der Waals surface area contributed by atoms with E-state index in [1.807, 2.05) is 25.1 Å². The van der Waals surface area contributed by atoms with Crippen LogP contribution < -0.4 is 0 Å². The fourth-order valence-corrected chi connectivity index (χ4v) is 4.89. The van der Waals surface area contributed by atoms with Crippen molar-refractivity contribution in [2.45, 2.75) is 25.8 Å². The van der Waals surface area contributed by atoms with Crippen LogP contribution in [0.15, 0.2) is 35.4 Å². The van der Waals surface area contributed by atoms with Gasteiger partial charge in [-0.25, -0.2) is 4.79 Å². The fourth-order valence-electron chi connectivity index (χ4n) is 4.89. The van der Waals surface area contributed by atoms with E-state index in [9.17, 15) is 19.5 Å². The van der Waals surface area contributed by atoms with Gasteiger partial charge in [0.15, 0.2) is 6.29 Å². The second-order valence-corrected chi connectivity index (χ2v) is 7.31. The van der Waals surface area contributed by atoms with Crippen LogP contribution in [-0.4, -0.2) is 46.6 Å². The number of piperidine rings is 1. The number of para-hydroxylation sites is 1. The molecule has 2 aromatic rings. The average molecular weight is 366 g/mol. The van der Waals surface area contributed by atoms with E-state index in [4.69, 9.17) is 0 Å². The molecule has 3 atom stereocenters. The zero-order chi connectivity index (χ0) is 19.1. The van der Waals surface area contributed by atoms with Gasteiger partial charge in [0.25, 0.3) is 0 Å². The topological polar surface area (TPSA) is 90.5 Å². The number of hydrogen-bond donors (Lipinski definition) is 2.